The van der Waals surface area contributed by atoms with Crippen LogP contribution >= 0.6 is 0 Å². The summed E-state index contributed by atoms with van der Waals surface area (Å²) in [4.78, 5) is 20.9. The van der Waals surface area contributed by atoms with E-state index in [1.807, 2.05) is 18.2 Å². The van der Waals surface area contributed by atoms with Gasteiger partial charge in [0.15, 0.2) is 0 Å². The van der Waals surface area contributed by atoms with Crippen molar-refractivity contribution in [3.05, 3.63) is 48.7 Å². The van der Waals surface area contributed by atoms with Crippen molar-refractivity contribution < 1.29 is 4.79 Å². The van der Waals surface area contributed by atoms with Crippen LogP contribution in [0.5, 0.6) is 0 Å². The van der Waals surface area contributed by atoms with Gasteiger partial charge < -0.3 is 20.9 Å². The second-order valence-corrected chi connectivity index (χ2v) is 6.16. The Morgan fingerprint density at radius 3 is 2.40 bits per heavy atom. The molecule has 0 saturated carbocycles. The second kappa shape index (κ2) is 8.48. The molecular weight excluding hydrogens is 314 g/mol. The number of nitrogens with zero attached hydrogens (tertiary/aromatic N) is 3. The first-order valence-electron chi connectivity index (χ1n) is 8.77. The van der Waals surface area contributed by atoms with E-state index in [2.05, 4.69) is 44.4 Å². The summed E-state index contributed by atoms with van der Waals surface area (Å²) in [5.41, 5.74) is 7.42. The summed E-state index contributed by atoms with van der Waals surface area (Å²) >= 11 is 0. The lowest BCUT2D eigenvalue weighted by molar-refractivity contribution is -0.116. The average Bonchev–Trinajstić information content (AvgIpc) is 2.68. The van der Waals surface area contributed by atoms with Crippen molar-refractivity contribution in [2.45, 2.75) is 12.8 Å². The third-order valence-electron chi connectivity index (χ3n) is 4.36. The molecule has 2 heterocycles. The van der Waals surface area contributed by atoms with Crippen LogP contribution in [0, 0.1) is 0 Å². The van der Waals surface area contributed by atoms with Crippen LogP contribution in [-0.2, 0) is 4.79 Å². The van der Waals surface area contributed by atoms with E-state index in [0.29, 0.717) is 19.4 Å². The Bertz CT molecular complexity index is 666. The first-order chi connectivity index (χ1) is 12.3. The van der Waals surface area contributed by atoms with E-state index in [1.165, 1.54) is 5.69 Å². The number of hydrogen-bond donors (Lipinski definition) is 2. The Hall–Kier alpha value is -2.60. The summed E-state index contributed by atoms with van der Waals surface area (Å²) in [6.07, 6.45) is 2.86. The Kier molecular flexibility index (Phi) is 5.85. The molecule has 6 nitrogen and oxygen atoms in total. The highest BCUT2D eigenvalue weighted by atomic mass is 16.1. The predicted octanol–water partition coefficient (Wildman–Crippen LogP) is 2.09. The smallest absolute Gasteiger partial charge is 0.224 e. The molecule has 0 aliphatic carbocycles. The van der Waals surface area contributed by atoms with Gasteiger partial charge in [-0.25, -0.2) is 4.98 Å². The fraction of sp³-hybridized carbons (Fsp3) is 0.368. The second-order valence-electron chi connectivity index (χ2n) is 6.16. The molecule has 0 radical (unpaired) electrons. The molecule has 0 atom stereocenters. The van der Waals surface area contributed by atoms with Gasteiger partial charge in [-0.1, -0.05) is 18.2 Å². The molecule has 25 heavy (non-hydrogen) atoms. The molecule has 1 aromatic carbocycles. The number of amides is 1. The fourth-order valence-corrected chi connectivity index (χ4v) is 2.97. The minimum absolute atomic E-state index is 0.0172. The first kappa shape index (κ1) is 17.2. The standard InChI is InChI=1S/C19H25N5O/c20-10-4-7-19(25)22-16-8-9-18(21-15-16)24-13-11-23(12-14-24)17-5-2-1-3-6-17/h1-3,5-6,8-9,15H,4,7,10-14,20H2,(H,22,25). The Labute approximate surface area is 148 Å². The highest BCUT2D eigenvalue weighted by Crippen LogP contribution is 2.20. The number of hydrogen-bond acceptors (Lipinski definition) is 5. The molecule has 6 heteroatoms. The van der Waals surface area contributed by atoms with Crippen molar-refractivity contribution >= 4 is 23.1 Å². The molecular formula is C19H25N5O. The van der Waals surface area contributed by atoms with E-state index in [1.54, 1.807) is 6.20 Å². The van der Waals surface area contributed by atoms with E-state index in [0.717, 1.165) is 37.7 Å². The predicted molar refractivity (Wildman–Crippen MR) is 102 cm³/mol. The summed E-state index contributed by atoms with van der Waals surface area (Å²) in [7, 11) is 0. The minimum atomic E-state index is -0.0172. The molecule has 1 saturated heterocycles. The van der Waals surface area contributed by atoms with Gasteiger partial charge in [0.1, 0.15) is 5.82 Å². The van der Waals surface area contributed by atoms with Gasteiger partial charge in [-0.15, -0.1) is 0 Å². The van der Waals surface area contributed by atoms with Crippen molar-refractivity contribution in [1.29, 1.82) is 0 Å². The van der Waals surface area contributed by atoms with Crippen molar-refractivity contribution in [2.24, 2.45) is 5.73 Å². The lowest BCUT2D eigenvalue weighted by Gasteiger charge is -2.36. The molecule has 1 amide bonds. The Morgan fingerprint density at radius 1 is 1.04 bits per heavy atom. The summed E-state index contributed by atoms with van der Waals surface area (Å²) < 4.78 is 0. The maximum atomic E-state index is 11.7. The van der Waals surface area contributed by atoms with Gasteiger partial charge in [-0.05, 0) is 37.2 Å². The number of nitrogens with two attached hydrogens (primary N) is 1. The van der Waals surface area contributed by atoms with Crippen molar-refractivity contribution in [2.75, 3.05) is 47.8 Å². The molecule has 1 aromatic heterocycles. The lowest BCUT2D eigenvalue weighted by Crippen LogP contribution is -2.46. The number of nitrogens with one attached hydrogen (secondary N) is 1. The lowest BCUT2D eigenvalue weighted by atomic mass is 10.2. The van der Waals surface area contributed by atoms with Gasteiger partial charge >= 0.3 is 0 Å². The average molecular weight is 339 g/mol. The zero-order valence-electron chi connectivity index (χ0n) is 14.4. The molecule has 3 N–H and O–H groups in total. The van der Waals surface area contributed by atoms with Gasteiger partial charge in [0.25, 0.3) is 0 Å². The van der Waals surface area contributed by atoms with Gasteiger partial charge in [-0.3, -0.25) is 4.79 Å². The maximum absolute atomic E-state index is 11.7. The molecule has 0 bridgehead atoms. The topological polar surface area (TPSA) is 74.5 Å². The van der Waals surface area contributed by atoms with Gasteiger partial charge in [0.05, 0.1) is 11.9 Å². The number of rotatable bonds is 6. The monoisotopic (exact) mass is 339 g/mol. The van der Waals surface area contributed by atoms with Crippen LogP contribution < -0.4 is 20.9 Å². The number of benzene rings is 1. The minimum Gasteiger partial charge on any atom is -0.368 e. The van der Waals surface area contributed by atoms with Crippen molar-refractivity contribution in [3.8, 4) is 0 Å². The van der Waals surface area contributed by atoms with Crippen LogP contribution in [0.25, 0.3) is 0 Å². The van der Waals surface area contributed by atoms with Crippen LogP contribution in [0.15, 0.2) is 48.7 Å². The van der Waals surface area contributed by atoms with E-state index < -0.39 is 0 Å². The van der Waals surface area contributed by atoms with E-state index >= 15 is 0 Å². The van der Waals surface area contributed by atoms with Crippen LogP contribution in [0.1, 0.15) is 12.8 Å². The fourth-order valence-electron chi connectivity index (χ4n) is 2.97. The number of para-hydroxylation sites is 1. The summed E-state index contributed by atoms with van der Waals surface area (Å²) in [5.74, 6) is 0.934. The van der Waals surface area contributed by atoms with Crippen molar-refractivity contribution in [3.63, 3.8) is 0 Å². The highest BCUT2D eigenvalue weighted by molar-refractivity contribution is 5.90. The molecule has 1 aliphatic rings. The molecule has 2 aromatic rings. The van der Waals surface area contributed by atoms with E-state index in [-0.39, 0.29) is 5.91 Å². The molecule has 0 unspecified atom stereocenters. The van der Waals surface area contributed by atoms with Crippen LogP contribution in [-0.4, -0.2) is 43.6 Å². The molecule has 1 fully saturated rings. The zero-order valence-corrected chi connectivity index (χ0v) is 14.4. The largest absolute Gasteiger partial charge is 0.368 e. The summed E-state index contributed by atoms with van der Waals surface area (Å²) in [6, 6.07) is 14.4. The number of carbonyl (C=O) groups excluding carboxylic acids is 1. The summed E-state index contributed by atoms with van der Waals surface area (Å²) in [5, 5.41) is 2.85. The Balaban J connectivity index is 1.52. The third kappa shape index (κ3) is 4.70. The number of anilines is 3. The SMILES string of the molecule is NCCCC(=O)Nc1ccc(N2CCN(c3ccccc3)CC2)nc1. The van der Waals surface area contributed by atoms with Crippen LogP contribution in [0.3, 0.4) is 0 Å². The maximum Gasteiger partial charge on any atom is 0.224 e. The number of pyridine rings is 1. The zero-order chi connectivity index (χ0) is 17.5. The van der Waals surface area contributed by atoms with Crippen LogP contribution in [0.4, 0.5) is 17.2 Å². The quantitative estimate of drug-likeness (QED) is 0.843. The Morgan fingerprint density at radius 2 is 1.76 bits per heavy atom. The number of aromatic nitrogens is 1. The van der Waals surface area contributed by atoms with Gasteiger partial charge in [-0.2, -0.15) is 0 Å². The number of carbonyl (C=O) groups is 1. The van der Waals surface area contributed by atoms with E-state index in [9.17, 15) is 4.79 Å². The summed E-state index contributed by atoms with van der Waals surface area (Å²) in [6.45, 7) is 4.35. The molecule has 1 aliphatic heterocycles. The molecule has 3 rings (SSSR count). The van der Waals surface area contributed by atoms with Gasteiger partial charge in [0, 0.05) is 38.3 Å². The first-order valence-corrected chi connectivity index (χ1v) is 8.77. The molecule has 0 spiro atoms. The normalized spacial score (nSPS) is 14.4. The van der Waals surface area contributed by atoms with Crippen LogP contribution in [0.2, 0.25) is 0 Å². The van der Waals surface area contributed by atoms with Crippen molar-refractivity contribution in [1.82, 2.24) is 4.98 Å². The highest BCUT2D eigenvalue weighted by Gasteiger charge is 2.18. The third-order valence-corrected chi connectivity index (χ3v) is 4.36. The van der Waals surface area contributed by atoms with Gasteiger partial charge in [0.2, 0.25) is 5.91 Å². The number of piperazine rings is 1. The molecule has 132 valence electrons. The van der Waals surface area contributed by atoms with E-state index in [4.69, 9.17) is 5.73 Å².